The number of ether oxygens (including phenoxy) is 6. The smallest absolute Gasteiger partial charge is 0.338 e. The zero-order valence-corrected chi connectivity index (χ0v) is 71.3. The number of methoxy groups -OCH3 is 2. The highest BCUT2D eigenvalue weighted by Gasteiger charge is 2.49. The van der Waals surface area contributed by atoms with Gasteiger partial charge in [0.05, 0.1) is 73.8 Å². The van der Waals surface area contributed by atoms with E-state index in [1.54, 1.807) is 12.1 Å². The van der Waals surface area contributed by atoms with Gasteiger partial charge in [-0.15, -0.1) is 0 Å². The van der Waals surface area contributed by atoms with Gasteiger partial charge < -0.3 is 38.8 Å². The SMILES string of the molecule is C=CC1=C(C)C2=NC1=CC1=NC(=CC3=C(C)C4=C(O)[C@H](C(=O)OC)C(=C5NC(=C2)[C@@H](C)[C@@H]5CCC(=O)OC)C4=N3)C(CC)=C1COC(=O)c1cc(OCCCCCCCCCCCCCCCCCC)c(OCCCCCCCCCCCCCCCCCC)c(OCCCCCCCCCCCCCCCCCC)c1. The number of unbranched alkanes of at least 4 members (excludes halogenated alkanes) is 45. The number of esters is 3. The first kappa shape index (κ1) is 91.5. The van der Waals surface area contributed by atoms with Crippen molar-refractivity contribution >= 4 is 35.0 Å². The summed E-state index contributed by atoms with van der Waals surface area (Å²) in [6.07, 6.45) is 70.7. The second kappa shape index (κ2) is 53.4. The summed E-state index contributed by atoms with van der Waals surface area (Å²) in [7, 11) is 2.70. The third-order valence-corrected chi connectivity index (χ3v) is 23.9. The Kier molecular flexibility index (Phi) is 44.0. The van der Waals surface area contributed by atoms with Gasteiger partial charge in [0, 0.05) is 51.9 Å². The minimum Gasteiger partial charge on any atom is -0.510 e. The first-order chi connectivity index (χ1) is 54.3. The first-order valence-corrected chi connectivity index (χ1v) is 45.4. The van der Waals surface area contributed by atoms with Gasteiger partial charge in [-0.25, -0.2) is 19.8 Å². The molecule has 0 unspecified atom stereocenters. The lowest BCUT2D eigenvalue weighted by atomic mass is 9.84. The van der Waals surface area contributed by atoms with Gasteiger partial charge in [-0.2, -0.15) is 0 Å². The number of hydrogen-bond acceptors (Lipinski definition) is 14. The minimum atomic E-state index is -1.16. The maximum Gasteiger partial charge on any atom is 0.338 e. The van der Waals surface area contributed by atoms with Crippen LogP contribution >= 0.6 is 0 Å². The van der Waals surface area contributed by atoms with E-state index in [1.807, 2.05) is 38.2 Å². The maximum atomic E-state index is 15.2. The van der Waals surface area contributed by atoms with Crippen molar-refractivity contribution in [1.82, 2.24) is 5.32 Å². The number of hydrogen-bond donors (Lipinski definition) is 2. The molecule has 7 rings (SSSR count). The molecule has 1 aromatic rings. The number of carbonyl (C=O) groups is 3. The molecule has 14 heteroatoms. The molecule has 6 aliphatic rings. The summed E-state index contributed by atoms with van der Waals surface area (Å²) in [6, 6.07) is 3.61. The topological polar surface area (TPSA) is 176 Å². The van der Waals surface area contributed by atoms with E-state index in [0.29, 0.717) is 112 Å². The number of nitrogens with one attached hydrogen (secondary N) is 1. The molecular weight excluding hydrogens is 1380 g/mol. The Labute approximate surface area is 673 Å². The van der Waals surface area contributed by atoms with E-state index in [1.165, 1.54) is 271 Å². The van der Waals surface area contributed by atoms with E-state index in [4.69, 9.17) is 43.4 Å². The Morgan fingerprint density at radius 1 is 0.505 bits per heavy atom. The summed E-state index contributed by atoms with van der Waals surface area (Å²) in [5.74, 6) is -1.73. The molecule has 8 bridgehead atoms. The fourth-order valence-corrected chi connectivity index (χ4v) is 16.9. The molecule has 1 aliphatic carbocycles. The molecule has 14 nitrogen and oxygen atoms in total. The number of benzene rings is 1. The third-order valence-electron chi connectivity index (χ3n) is 23.9. The molecular formula is C97H150N4O10. The van der Waals surface area contributed by atoms with Crippen molar-refractivity contribution in [3.63, 3.8) is 0 Å². The molecule has 111 heavy (non-hydrogen) atoms. The standard InChI is InChI=1S/C97H150N4O10/c1-11-16-19-22-25-28-31-34-37-40-43-46-49-52-55-58-63-108-86-66-75(67-87(109-64-59-56-53-50-47-44-41-38-35-32-29-26-23-20-17-12-2)95(86)110-65-60-57-54-51-48-45-42-39-36-33-30-27-24-21-18-13-3)96(104)111-71-79-77(15-5)84-69-82-74(8)89-93(101-82)90(91(94(89)103)97(105)107-10)92-78(61-62-88(102)106-9)73(7)81(100-92)68-80-72(6)76(14-4)83(98-80)70-85(79)99-84/h14,66-70,73,78,91,100,103H,4,11-13,15-65,71H2,1-3,5-10H3/t73-,78-,91+/m0/s1. The fraction of sp³-hybridized carbons (Fsp3) is 0.691. The van der Waals surface area contributed by atoms with Crippen molar-refractivity contribution in [2.75, 3.05) is 40.6 Å². The van der Waals surface area contributed by atoms with Gasteiger partial charge in [0.2, 0.25) is 5.75 Å². The molecule has 0 spiro atoms. The van der Waals surface area contributed by atoms with Crippen LogP contribution in [0.2, 0.25) is 0 Å². The Bertz CT molecular complexity index is 3380. The van der Waals surface area contributed by atoms with E-state index in [9.17, 15) is 14.7 Å². The van der Waals surface area contributed by atoms with Crippen LogP contribution in [0.4, 0.5) is 0 Å². The number of allylic oxidation sites excluding steroid dienone is 10. The summed E-state index contributed by atoms with van der Waals surface area (Å²) < 4.78 is 37.5. The van der Waals surface area contributed by atoms with Gasteiger partial charge in [0.1, 0.15) is 18.3 Å². The van der Waals surface area contributed by atoms with Crippen LogP contribution in [0.3, 0.4) is 0 Å². The van der Waals surface area contributed by atoms with E-state index >= 15 is 4.79 Å². The zero-order valence-electron chi connectivity index (χ0n) is 71.3. The molecule has 1 fully saturated rings. The Balaban J connectivity index is 1.12. The lowest BCUT2D eigenvalue weighted by molar-refractivity contribution is -0.143. The lowest BCUT2D eigenvalue weighted by Gasteiger charge is -2.20. The fourth-order valence-electron chi connectivity index (χ4n) is 16.9. The van der Waals surface area contributed by atoms with Crippen LogP contribution in [-0.2, 0) is 23.8 Å². The van der Waals surface area contributed by atoms with Gasteiger partial charge in [-0.3, -0.25) is 9.59 Å². The zero-order chi connectivity index (χ0) is 79.2. The van der Waals surface area contributed by atoms with Gasteiger partial charge >= 0.3 is 17.9 Å². The van der Waals surface area contributed by atoms with Crippen LogP contribution in [0.25, 0.3) is 0 Å². The number of nitrogens with zero attached hydrogens (tertiary/aromatic N) is 3. The first-order valence-electron chi connectivity index (χ1n) is 45.4. The summed E-state index contributed by atoms with van der Waals surface area (Å²) in [5, 5.41) is 15.9. The quantitative estimate of drug-likeness (QED) is 0.0361. The highest BCUT2D eigenvalue weighted by molar-refractivity contribution is 6.24. The van der Waals surface area contributed by atoms with Gasteiger partial charge in [0.15, 0.2) is 11.5 Å². The van der Waals surface area contributed by atoms with Gasteiger partial charge in [0.25, 0.3) is 0 Å². The second-order valence-corrected chi connectivity index (χ2v) is 32.7. The number of carbonyl (C=O) groups excluding carboxylic acids is 3. The predicted molar refractivity (Wildman–Crippen MR) is 461 cm³/mol. The molecule has 0 saturated carbocycles. The molecule has 0 aromatic heterocycles. The van der Waals surface area contributed by atoms with E-state index in [-0.39, 0.29) is 36.6 Å². The van der Waals surface area contributed by atoms with Crippen LogP contribution in [0.1, 0.15) is 386 Å². The number of rotatable bonds is 63. The largest absolute Gasteiger partial charge is 0.510 e. The molecule has 1 aromatic carbocycles. The van der Waals surface area contributed by atoms with E-state index in [2.05, 4.69) is 46.5 Å². The van der Waals surface area contributed by atoms with Crippen molar-refractivity contribution in [1.29, 1.82) is 0 Å². The Morgan fingerprint density at radius 3 is 1.34 bits per heavy atom. The van der Waals surface area contributed by atoms with Crippen LogP contribution < -0.4 is 19.5 Å². The van der Waals surface area contributed by atoms with E-state index < -0.39 is 17.9 Å². The van der Waals surface area contributed by atoms with E-state index in [0.717, 1.165) is 79.4 Å². The minimum absolute atomic E-state index is 0.110. The molecule has 0 amide bonds. The summed E-state index contributed by atoms with van der Waals surface area (Å²) in [6.45, 7) is 20.6. The highest BCUT2D eigenvalue weighted by Crippen LogP contribution is 2.50. The molecule has 2 N–H and O–H groups in total. The van der Waals surface area contributed by atoms with Crippen molar-refractivity contribution in [3.05, 3.63) is 122 Å². The number of fused-ring (bicyclic) bond motifs is 5. The molecule has 5 aliphatic heterocycles. The van der Waals surface area contributed by atoms with Gasteiger partial charge in [-0.05, 0) is 93.0 Å². The predicted octanol–water partition coefficient (Wildman–Crippen LogP) is 27.0. The average molecular weight is 1530 g/mol. The summed E-state index contributed by atoms with van der Waals surface area (Å²) in [5.41, 5.74) is 10.3. The van der Waals surface area contributed by atoms with Crippen molar-refractivity contribution in [2.45, 2.75) is 376 Å². The van der Waals surface area contributed by atoms with Crippen LogP contribution in [-0.4, -0.2) is 80.8 Å². The Hall–Kier alpha value is -6.70. The highest BCUT2D eigenvalue weighted by atomic mass is 16.5. The number of aliphatic hydroxyl groups is 1. The lowest BCUT2D eigenvalue weighted by Crippen LogP contribution is -2.25. The Morgan fingerprint density at radius 2 is 0.928 bits per heavy atom. The molecule has 0 radical (unpaired) electrons. The summed E-state index contributed by atoms with van der Waals surface area (Å²) in [4.78, 5) is 57.8. The average Bonchev–Trinajstić information content (AvgIpc) is 1.56. The molecule has 5 heterocycles. The normalized spacial score (nSPS) is 17.2. The second-order valence-electron chi connectivity index (χ2n) is 32.7. The van der Waals surface area contributed by atoms with Crippen molar-refractivity contribution in [3.8, 4) is 17.2 Å². The monoisotopic (exact) mass is 1530 g/mol. The number of aliphatic imine (C=N–C) groups is 3. The summed E-state index contributed by atoms with van der Waals surface area (Å²) >= 11 is 0. The number of aliphatic hydroxyl groups excluding tert-OH is 1. The third kappa shape index (κ3) is 29.9. The van der Waals surface area contributed by atoms with Crippen molar-refractivity contribution in [2.24, 2.45) is 32.7 Å². The van der Waals surface area contributed by atoms with Crippen LogP contribution in [0.5, 0.6) is 17.2 Å². The van der Waals surface area contributed by atoms with Crippen molar-refractivity contribution < 1.29 is 47.9 Å². The van der Waals surface area contributed by atoms with Gasteiger partial charge in [-0.1, -0.05) is 336 Å². The molecule has 1 saturated heterocycles. The van der Waals surface area contributed by atoms with Crippen LogP contribution in [0, 0.1) is 17.8 Å². The molecule has 3 atom stereocenters. The maximum absolute atomic E-state index is 15.2. The van der Waals surface area contributed by atoms with Crippen LogP contribution in [0.15, 0.2) is 131 Å². The molecule has 618 valence electrons.